The van der Waals surface area contributed by atoms with Crippen molar-refractivity contribution in [3.05, 3.63) is 52.8 Å². The summed E-state index contributed by atoms with van der Waals surface area (Å²) in [5, 5.41) is 5.89. The molecule has 1 atom stereocenters. The Kier molecular flexibility index (Phi) is 4.25. The highest BCUT2D eigenvalue weighted by Gasteiger charge is 2.39. The molecule has 0 fully saturated rings. The molecule has 1 amide bonds. The van der Waals surface area contributed by atoms with Gasteiger partial charge in [-0.25, -0.2) is 0 Å². The van der Waals surface area contributed by atoms with Crippen LogP contribution in [0.5, 0.6) is 0 Å². The van der Waals surface area contributed by atoms with Crippen LogP contribution in [0.25, 0.3) is 0 Å². The molecule has 0 saturated carbocycles. The number of halogens is 3. The molecule has 0 spiro atoms. The lowest BCUT2D eigenvalue weighted by atomic mass is 10.1. The van der Waals surface area contributed by atoms with Gasteiger partial charge in [0.1, 0.15) is 0 Å². The molecule has 0 aliphatic carbocycles. The van der Waals surface area contributed by atoms with Crippen LogP contribution in [-0.2, 0) is 13.2 Å². The number of rotatable bonds is 3. The number of nitrogens with zero attached hydrogens (tertiary/aromatic N) is 2. The molecule has 0 bridgehead atoms. The predicted molar refractivity (Wildman–Crippen MR) is 75.3 cm³/mol. The highest BCUT2D eigenvalue weighted by molar-refractivity contribution is 5.95. The number of carbonyl (C=O) groups excluding carboxylic acids is 1. The van der Waals surface area contributed by atoms with Gasteiger partial charge in [0.15, 0.2) is 5.69 Å². The van der Waals surface area contributed by atoms with E-state index in [-0.39, 0.29) is 0 Å². The minimum absolute atomic E-state index is 0.408. The molecule has 0 saturated heterocycles. The Morgan fingerprint density at radius 1 is 1.27 bits per heavy atom. The standard InChI is InChI=1S/C15H16F3N3O/c1-9-4-6-11(7-5-9)10(2)19-14(22)12-8-21(3)20-13(12)15(16,17)18/h4-8,10H,1-3H3,(H,19,22). The van der Waals surface area contributed by atoms with Crippen molar-refractivity contribution in [3.8, 4) is 0 Å². The molecule has 1 heterocycles. The van der Waals surface area contributed by atoms with Gasteiger partial charge in [-0.3, -0.25) is 9.48 Å². The molecule has 0 aliphatic heterocycles. The molecule has 2 rings (SSSR count). The van der Waals surface area contributed by atoms with Crippen molar-refractivity contribution < 1.29 is 18.0 Å². The SMILES string of the molecule is Cc1ccc(C(C)NC(=O)c2cn(C)nc2C(F)(F)F)cc1. The summed E-state index contributed by atoms with van der Waals surface area (Å²) in [7, 11) is 1.34. The van der Waals surface area contributed by atoms with E-state index in [4.69, 9.17) is 0 Å². The Morgan fingerprint density at radius 3 is 2.41 bits per heavy atom. The molecule has 1 N–H and O–H groups in total. The minimum Gasteiger partial charge on any atom is -0.345 e. The first-order chi connectivity index (χ1) is 10.2. The van der Waals surface area contributed by atoms with Crippen molar-refractivity contribution in [2.75, 3.05) is 0 Å². The number of benzene rings is 1. The average molecular weight is 311 g/mol. The molecule has 0 radical (unpaired) electrons. The van der Waals surface area contributed by atoms with Crippen molar-refractivity contribution in [3.63, 3.8) is 0 Å². The maximum atomic E-state index is 12.9. The first-order valence-electron chi connectivity index (χ1n) is 6.66. The van der Waals surface area contributed by atoms with Crippen LogP contribution in [0.3, 0.4) is 0 Å². The van der Waals surface area contributed by atoms with Crippen molar-refractivity contribution in [1.29, 1.82) is 0 Å². The second-order valence-corrected chi connectivity index (χ2v) is 5.17. The number of aryl methyl sites for hydroxylation is 2. The largest absolute Gasteiger partial charge is 0.435 e. The fraction of sp³-hybridized carbons (Fsp3) is 0.333. The molecule has 0 aliphatic rings. The monoisotopic (exact) mass is 311 g/mol. The van der Waals surface area contributed by atoms with E-state index in [1.54, 1.807) is 6.92 Å². The Morgan fingerprint density at radius 2 is 1.86 bits per heavy atom. The van der Waals surface area contributed by atoms with E-state index in [9.17, 15) is 18.0 Å². The summed E-state index contributed by atoms with van der Waals surface area (Å²) >= 11 is 0. The van der Waals surface area contributed by atoms with Crippen LogP contribution >= 0.6 is 0 Å². The first-order valence-corrected chi connectivity index (χ1v) is 6.66. The van der Waals surface area contributed by atoms with Gasteiger partial charge in [-0.05, 0) is 19.4 Å². The van der Waals surface area contributed by atoms with Crippen molar-refractivity contribution in [1.82, 2.24) is 15.1 Å². The van der Waals surface area contributed by atoms with Crippen LogP contribution in [0.4, 0.5) is 13.2 Å². The van der Waals surface area contributed by atoms with Gasteiger partial charge in [0, 0.05) is 13.2 Å². The number of aromatic nitrogens is 2. The minimum atomic E-state index is -4.67. The zero-order chi connectivity index (χ0) is 16.5. The second-order valence-electron chi connectivity index (χ2n) is 5.17. The fourth-order valence-corrected chi connectivity index (χ4v) is 2.08. The predicted octanol–water partition coefficient (Wildman–Crippen LogP) is 3.24. The van der Waals surface area contributed by atoms with Crippen LogP contribution in [0.1, 0.15) is 40.1 Å². The summed E-state index contributed by atoms with van der Waals surface area (Å²) in [4.78, 5) is 12.1. The lowest BCUT2D eigenvalue weighted by molar-refractivity contribution is -0.141. The van der Waals surface area contributed by atoms with Crippen molar-refractivity contribution in [2.24, 2.45) is 7.05 Å². The molecule has 22 heavy (non-hydrogen) atoms. The van der Waals surface area contributed by atoms with E-state index in [1.165, 1.54) is 7.05 Å². The molecule has 2 aromatic rings. The molecular weight excluding hydrogens is 295 g/mol. The Hall–Kier alpha value is -2.31. The van der Waals surface area contributed by atoms with Gasteiger partial charge in [0.05, 0.1) is 11.6 Å². The number of carbonyl (C=O) groups is 1. The van der Waals surface area contributed by atoms with Gasteiger partial charge in [-0.1, -0.05) is 29.8 Å². The molecule has 1 aromatic heterocycles. The third-order valence-electron chi connectivity index (χ3n) is 3.27. The Balaban J connectivity index is 2.21. The second kappa shape index (κ2) is 5.82. The van der Waals surface area contributed by atoms with Gasteiger partial charge in [-0.15, -0.1) is 0 Å². The van der Waals surface area contributed by atoms with Gasteiger partial charge in [0.2, 0.25) is 0 Å². The van der Waals surface area contributed by atoms with Gasteiger partial charge in [0.25, 0.3) is 5.91 Å². The quantitative estimate of drug-likeness (QED) is 0.946. The van der Waals surface area contributed by atoms with E-state index in [2.05, 4.69) is 10.4 Å². The third kappa shape index (κ3) is 3.47. The summed E-state index contributed by atoms with van der Waals surface area (Å²) in [6, 6.07) is 7.00. The van der Waals surface area contributed by atoms with E-state index >= 15 is 0 Å². The number of hydrogen-bond donors (Lipinski definition) is 1. The molecule has 7 heteroatoms. The van der Waals surface area contributed by atoms with Crippen LogP contribution in [0.15, 0.2) is 30.5 Å². The van der Waals surface area contributed by atoms with Crippen LogP contribution in [-0.4, -0.2) is 15.7 Å². The molecule has 1 unspecified atom stereocenters. The van der Waals surface area contributed by atoms with Crippen molar-refractivity contribution in [2.45, 2.75) is 26.1 Å². The van der Waals surface area contributed by atoms with Gasteiger partial charge < -0.3 is 5.32 Å². The normalized spacial score (nSPS) is 13.0. The highest BCUT2D eigenvalue weighted by atomic mass is 19.4. The summed E-state index contributed by atoms with van der Waals surface area (Å²) in [5.74, 6) is -0.798. The zero-order valence-corrected chi connectivity index (χ0v) is 12.4. The number of amides is 1. The van der Waals surface area contributed by atoms with E-state index in [1.807, 2.05) is 31.2 Å². The van der Waals surface area contributed by atoms with E-state index < -0.39 is 29.4 Å². The molecule has 1 aromatic carbocycles. The summed E-state index contributed by atoms with van der Waals surface area (Å²) in [5.41, 5.74) is 0.225. The summed E-state index contributed by atoms with van der Waals surface area (Å²) in [6.07, 6.45) is -3.60. The lowest BCUT2D eigenvalue weighted by Crippen LogP contribution is -2.28. The Bertz CT molecular complexity index is 674. The van der Waals surface area contributed by atoms with E-state index in [0.717, 1.165) is 22.0 Å². The average Bonchev–Trinajstić information content (AvgIpc) is 2.81. The topological polar surface area (TPSA) is 46.9 Å². The van der Waals surface area contributed by atoms with Crippen LogP contribution < -0.4 is 5.32 Å². The number of nitrogens with one attached hydrogen (secondary N) is 1. The Labute approximate surface area is 125 Å². The molecular formula is C15H16F3N3O. The maximum absolute atomic E-state index is 12.9. The van der Waals surface area contributed by atoms with Crippen molar-refractivity contribution >= 4 is 5.91 Å². The lowest BCUT2D eigenvalue weighted by Gasteiger charge is -2.15. The molecule has 118 valence electrons. The maximum Gasteiger partial charge on any atom is 0.435 e. The van der Waals surface area contributed by atoms with Gasteiger partial charge >= 0.3 is 6.18 Å². The summed E-state index contributed by atoms with van der Waals surface area (Å²) in [6.45, 7) is 3.64. The van der Waals surface area contributed by atoms with Crippen LogP contribution in [0.2, 0.25) is 0 Å². The summed E-state index contributed by atoms with van der Waals surface area (Å²) < 4.78 is 39.6. The smallest absolute Gasteiger partial charge is 0.345 e. The highest BCUT2D eigenvalue weighted by Crippen LogP contribution is 2.30. The van der Waals surface area contributed by atoms with E-state index in [0.29, 0.717) is 0 Å². The number of hydrogen-bond acceptors (Lipinski definition) is 2. The first kappa shape index (κ1) is 16.1. The third-order valence-corrected chi connectivity index (χ3v) is 3.27. The van der Waals surface area contributed by atoms with Crippen LogP contribution in [0, 0.1) is 6.92 Å². The van der Waals surface area contributed by atoms with Gasteiger partial charge in [-0.2, -0.15) is 18.3 Å². The number of alkyl halides is 3. The fourth-order valence-electron chi connectivity index (χ4n) is 2.08. The zero-order valence-electron chi connectivity index (χ0n) is 12.4. The molecule has 4 nitrogen and oxygen atoms in total.